The molecule has 0 aliphatic carbocycles. The lowest BCUT2D eigenvalue weighted by Gasteiger charge is -2.24. The Bertz CT molecular complexity index is 834. The topological polar surface area (TPSA) is 75.8 Å². The Morgan fingerprint density at radius 3 is 2.71 bits per heavy atom. The number of anilines is 1. The van der Waals surface area contributed by atoms with E-state index in [1.807, 2.05) is 0 Å². The lowest BCUT2D eigenvalue weighted by atomic mass is 10.2. The van der Waals surface area contributed by atoms with Crippen LogP contribution in [0.3, 0.4) is 0 Å². The minimum atomic E-state index is -3.61. The van der Waals surface area contributed by atoms with E-state index in [9.17, 15) is 8.42 Å². The van der Waals surface area contributed by atoms with Gasteiger partial charge in [-0.25, -0.2) is 13.4 Å². The minimum Gasteiger partial charge on any atom is -0.398 e. The maximum Gasteiger partial charge on any atom is 0.267 e. The first-order valence-electron chi connectivity index (χ1n) is 6.17. The minimum absolute atomic E-state index is 0.114. The van der Waals surface area contributed by atoms with Crippen LogP contribution in [0, 0.1) is 0 Å². The summed E-state index contributed by atoms with van der Waals surface area (Å²) in [6, 6.07) is 11.6. The molecule has 0 saturated heterocycles. The van der Waals surface area contributed by atoms with Gasteiger partial charge in [-0.15, -0.1) is 0 Å². The van der Waals surface area contributed by atoms with Crippen molar-refractivity contribution in [2.24, 2.45) is 4.99 Å². The molecular weight excluding hydrogens is 310 g/mol. The van der Waals surface area contributed by atoms with E-state index in [1.165, 1.54) is 10.6 Å². The zero-order valence-electron chi connectivity index (χ0n) is 10.9. The standard InChI is InChI=1S/C14H12ClN3O2S/c15-11-6-5-10(12(16)7-11)8-18-9-17-13-3-1-2-4-14(13)21(18,19)20/h1-7,9H,8,16H2. The number of sulfonamides is 1. The molecule has 108 valence electrons. The summed E-state index contributed by atoms with van der Waals surface area (Å²) in [5.41, 5.74) is 7.44. The highest BCUT2D eigenvalue weighted by molar-refractivity contribution is 7.89. The largest absolute Gasteiger partial charge is 0.398 e. The zero-order chi connectivity index (χ0) is 15.0. The molecule has 21 heavy (non-hydrogen) atoms. The molecule has 0 atom stereocenters. The maximum atomic E-state index is 12.6. The predicted molar refractivity (Wildman–Crippen MR) is 83.2 cm³/mol. The van der Waals surface area contributed by atoms with Crippen LogP contribution in [0.15, 0.2) is 52.4 Å². The van der Waals surface area contributed by atoms with Crippen molar-refractivity contribution in [3.63, 3.8) is 0 Å². The van der Waals surface area contributed by atoms with E-state index in [0.29, 0.717) is 22.0 Å². The highest BCUT2D eigenvalue weighted by Crippen LogP contribution is 2.31. The van der Waals surface area contributed by atoms with Crippen molar-refractivity contribution in [1.29, 1.82) is 0 Å². The number of hydrogen-bond acceptors (Lipinski definition) is 4. The Morgan fingerprint density at radius 2 is 1.95 bits per heavy atom. The van der Waals surface area contributed by atoms with Crippen LogP contribution in [0.25, 0.3) is 0 Å². The molecule has 1 aliphatic rings. The highest BCUT2D eigenvalue weighted by atomic mass is 35.5. The normalized spacial score (nSPS) is 15.8. The summed E-state index contributed by atoms with van der Waals surface area (Å²) in [7, 11) is -3.61. The van der Waals surface area contributed by atoms with Gasteiger partial charge in [0.05, 0.1) is 12.2 Å². The van der Waals surface area contributed by atoms with Gasteiger partial charge < -0.3 is 5.73 Å². The first kappa shape index (κ1) is 13.9. The van der Waals surface area contributed by atoms with E-state index in [4.69, 9.17) is 17.3 Å². The van der Waals surface area contributed by atoms with Crippen LogP contribution >= 0.6 is 11.6 Å². The predicted octanol–water partition coefficient (Wildman–Crippen LogP) is 2.79. The van der Waals surface area contributed by atoms with Gasteiger partial charge in [0, 0.05) is 10.7 Å². The molecule has 0 bridgehead atoms. The van der Waals surface area contributed by atoms with Crippen LogP contribution in [0.2, 0.25) is 5.02 Å². The monoisotopic (exact) mass is 321 g/mol. The Hall–Kier alpha value is -2.05. The highest BCUT2D eigenvalue weighted by Gasteiger charge is 2.28. The molecule has 3 rings (SSSR count). The summed E-state index contributed by atoms with van der Waals surface area (Å²) in [4.78, 5) is 4.36. The third-order valence-corrected chi connectivity index (χ3v) is 5.19. The van der Waals surface area contributed by atoms with Crippen molar-refractivity contribution < 1.29 is 8.42 Å². The quantitative estimate of drug-likeness (QED) is 0.864. The van der Waals surface area contributed by atoms with Gasteiger partial charge in [0.15, 0.2) is 0 Å². The van der Waals surface area contributed by atoms with E-state index < -0.39 is 10.0 Å². The number of para-hydroxylation sites is 1. The molecule has 0 fully saturated rings. The van der Waals surface area contributed by atoms with Gasteiger partial charge in [0.1, 0.15) is 11.2 Å². The van der Waals surface area contributed by atoms with E-state index in [2.05, 4.69) is 4.99 Å². The molecule has 0 saturated carbocycles. The number of benzene rings is 2. The van der Waals surface area contributed by atoms with E-state index in [1.54, 1.807) is 42.5 Å². The van der Waals surface area contributed by atoms with Gasteiger partial charge in [-0.1, -0.05) is 29.8 Å². The summed E-state index contributed by atoms with van der Waals surface area (Å²) in [5.74, 6) is 0. The first-order valence-corrected chi connectivity index (χ1v) is 7.99. The molecule has 7 heteroatoms. The Kier molecular flexibility index (Phi) is 3.35. The molecule has 2 N–H and O–H groups in total. The number of nitrogen functional groups attached to an aromatic ring is 1. The Morgan fingerprint density at radius 1 is 1.19 bits per heavy atom. The molecule has 0 radical (unpaired) electrons. The molecule has 0 amide bonds. The first-order chi connectivity index (χ1) is 9.98. The van der Waals surface area contributed by atoms with E-state index in [-0.39, 0.29) is 11.4 Å². The molecule has 1 heterocycles. The van der Waals surface area contributed by atoms with E-state index in [0.717, 1.165) is 0 Å². The maximum absolute atomic E-state index is 12.6. The fraction of sp³-hybridized carbons (Fsp3) is 0.0714. The van der Waals surface area contributed by atoms with Crippen molar-refractivity contribution in [2.75, 3.05) is 5.73 Å². The molecule has 2 aromatic carbocycles. The van der Waals surface area contributed by atoms with E-state index >= 15 is 0 Å². The lowest BCUT2D eigenvalue weighted by Crippen LogP contribution is -2.31. The van der Waals surface area contributed by atoms with Crippen molar-refractivity contribution in [1.82, 2.24) is 4.31 Å². The van der Waals surface area contributed by atoms with Crippen LogP contribution in [-0.4, -0.2) is 19.1 Å². The van der Waals surface area contributed by atoms with Crippen LogP contribution in [0.5, 0.6) is 0 Å². The average Bonchev–Trinajstić information content (AvgIpc) is 2.44. The second kappa shape index (κ2) is 5.05. The number of fused-ring (bicyclic) bond motifs is 1. The fourth-order valence-corrected chi connectivity index (χ4v) is 3.65. The van der Waals surface area contributed by atoms with Gasteiger partial charge in [-0.3, -0.25) is 4.31 Å². The fourth-order valence-electron chi connectivity index (χ4n) is 2.10. The Balaban J connectivity index is 1.98. The summed E-state index contributed by atoms with van der Waals surface area (Å²) < 4.78 is 26.3. The molecule has 0 unspecified atom stereocenters. The molecule has 5 nitrogen and oxygen atoms in total. The second-order valence-electron chi connectivity index (χ2n) is 4.61. The number of halogens is 1. The third-order valence-electron chi connectivity index (χ3n) is 3.21. The van der Waals surface area contributed by atoms with Crippen LogP contribution < -0.4 is 5.73 Å². The number of rotatable bonds is 2. The molecule has 2 aromatic rings. The molecule has 0 spiro atoms. The summed E-state index contributed by atoms with van der Waals surface area (Å²) >= 11 is 5.84. The number of nitrogens with two attached hydrogens (primary N) is 1. The smallest absolute Gasteiger partial charge is 0.267 e. The zero-order valence-corrected chi connectivity index (χ0v) is 12.5. The third kappa shape index (κ3) is 2.48. The molecular formula is C14H12ClN3O2S. The average molecular weight is 322 g/mol. The van der Waals surface area contributed by atoms with Crippen molar-refractivity contribution in [2.45, 2.75) is 11.4 Å². The van der Waals surface area contributed by atoms with Gasteiger partial charge in [0.2, 0.25) is 0 Å². The summed E-state index contributed by atoms with van der Waals surface area (Å²) in [6.45, 7) is 0.114. The van der Waals surface area contributed by atoms with Crippen LogP contribution in [0.4, 0.5) is 11.4 Å². The molecule has 1 aliphatic heterocycles. The SMILES string of the molecule is Nc1cc(Cl)ccc1CN1C=Nc2ccccc2S1(=O)=O. The summed E-state index contributed by atoms with van der Waals surface area (Å²) in [5, 5.41) is 0.511. The van der Waals surface area contributed by atoms with Crippen LogP contribution in [0.1, 0.15) is 5.56 Å². The molecule has 0 aromatic heterocycles. The number of aliphatic imine (C=N–C) groups is 1. The Labute approximate surface area is 127 Å². The summed E-state index contributed by atoms with van der Waals surface area (Å²) in [6.07, 6.45) is 1.31. The van der Waals surface area contributed by atoms with Crippen molar-refractivity contribution in [3.8, 4) is 0 Å². The number of hydrogen-bond donors (Lipinski definition) is 1. The van der Waals surface area contributed by atoms with Gasteiger partial charge in [0.25, 0.3) is 10.0 Å². The van der Waals surface area contributed by atoms with Gasteiger partial charge in [-0.2, -0.15) is 0 Å². The second-order valence-corrected chi connectivity index (χ2v) is 6.90. The van der Waals surface area contributed by atoms with Gasteiger partial charge in [-0.05, 0) is 29.8 Å². The van der Waals surface area contributed by atoms with Crippen molar-refractivity contribution in [3.05, 3.63) is 53.1 Å². The van der Waals surface area contributed by atoms with Crippen molar-refractivity contribution >= 4 is 39.3 Å². The van der Waals surface area contributed by atoms with Crippen LogP contribution in [-0.2, 0) is 16.6 Å². The lowest BCUT2D eigenvalue weighted by molar-refractivity contribution is 0.522. The number of nitrogens with zero attached hydrogens (tertiary/aromatic N) is 2. The van der Waals surface area contributed by atoms with Gasteiger partial charge >= 0.3 is 0 Å².